The van der Waals surface area contributed by atoms with Crippen LogP contribution in [0.5, 0.6) is 11.5 Å². The smallest absolute Gasteiger partial charge is 0.273 e. The van der Waals surface area contributed by atoms with E-state index in [0.29, 0.717) is 30.2 Å². The number of nitrogens with two attached hydrogens (primary N) is 1. The highest BCUT2D eigenvalue weighted by atomic mass is 16.6. The lowest BCUT2D eigenvalue weighted by atomic mass is 10.2. The maximum absolute atomic E-state index is 11.0. The molecule has 0 aliphatic rings. The zero-order valence-electron chi connectivity index (χ0n) is 14.5. The van der Waals surface area contributed by atoms with Crippen LogP contribution in [0.25, 0.3) is 0 Å². The molecule has 2 aromatic carbocycles. The van der Waals surface area contributed by atoms with E-state index < -0.39 is 16.9 Å². The SMILES string of the molecule is NC(=O)c1ccc(OCCNCC(O)COc2cccc([N+](=O)[O-])c2)cc1. The van der Waals surface area contributed by atoms with E-state index in [-0.39, 0.29) is 18.8 Å². The van der Waals surface area contributed by atoms with Crippen LogP contribution < -0.4 is 20.5 Å². The van der Waals surface area contributed by atoms with Crippen molar-refractivity contribution in [2.24, 2.45) is 5.73 Å². The van der Waals surface area contributed by atoms with Gasteiger partial charge in [0.1, 0.15) is 30.8 Å². The third-order valence-electron chi connectivity index (χ3n) is 3.54. The fourth-order valence-electron chi connectivity index (χ4n) is 2.16. The van der Waals surface area contributed by atoms with E-state index in [9.17, 15) is 20.0 Å². The molecule has 27 heavy (non-hydrogen) atoms. The molecule has 2 rings (SSSR count). The first-order valence-corrected chi connectivity index (χ1v) is 8.24. The summed E-state index contributed by atoms with van der Waals surface area (Å²) in [6.07, 6.45) is -0.779. The molecule has 0 saturated carbocycles. The van der Waals surface area contributed by atoms with Gasteiger partial charge in [0.05, 0.1) is 11.0 Å². The van der Waals surface area contributed by atoms with E-state index in [0.717, 1.165) is 0 Å². The standard InChI is InChI=1S/C18H21N3O6/c19-18(23)13-4-6-16(7-5-13)26-9-8-20-11-15(22)12-27-17-3-1-2-14(10-17)21(24)25/h1-7,10,15,20,22H,8-9,11-12H2,(H2,19,23). The molecule has 144 valence electrons. The molecule has 0 aromatic heterocycles. The number of aliphatic hydroxyl groups is 1. The number of ether oxygens (including phenoxy) is 2. The number of hydrogen-bond donors (Lipinski definition) is 3. The summed E-state index contributed by atoms with van der Waals surface area (Å²) in [5.74, 6) is 0.437. The van der Waals surface area contributed by atoms with Crippen LogP contribution in [0, 0.1) is 10.1 Å². The van der Waals surface area contributed by atoms with Gasteiger partial charge < -0.3 is 25.6 Å². The Morgan fingerprint density at radius 1 is 1.19 bits per heavy atom. The molecule has 1 amide bonds. The summed E-state index contributed by atoms with van der Waals surface area (Å²) in [7, 11) is 0. The average Bonchev–Trinajstić information content (AvgIpc) is 2.66. The number of nitro groups is 1. The van der Waals surface area contributed by atoms with E-state index in [2.05, 4.69) is 5.32 Å². The van der Waals surface area contributed by atoms with Gasteiger partial charge in [0, 0.05) is 24.7 Å². The average molecular weight is 375 g/mol. The maximum atomic E-state index is 11.0. The predicted octanol–water partition coefficient (Wildman–Crippen LogP) is 1.10. The Morgan fingerprint density at radius 2 is 1.93 bits per heavy atom. The molecule has 0 spiro atoms. The lowest BCUT2D eigenvalue weighted by molar-refractivity contribution is -0.384. The van der Waals surface area contributed by atoms with Crippen molar-refractivity contribution < 1.29 is 24.3 Å². The van der Waals surface area contributed by atoms with Gasteiger partial charge in [-0.2, -0.15) is 0 Å². The quantitative estimate of drug-likeness (QED) is 0.304. The van der Waals surface area contributed by atoms with E-state index in [1.165, 1.54) is 18.2 Å². The monoisotopic (exact) mass is 375 g/mol. The molecule has 1 atom stereocenters. The number of nitro benzene ring substituents is 1. The number of nitrogens with one attached hydrogen (secondary N) is 1. The third kappa shape index (κ3) is 6.92. The van der Waals surface area contributed by atoms with Crippen LogP contribution in [-0.4, -0.2) is 48.3 Å². The van der Waals surface area contributed by atoms with Crippen molar-refractivity contribution in [3.05, 3.63) is 64.2 Å². The minimum Gasteiger partial charge on any atom is -0.492 e. The molecule has 0 saturated heterocycles. The van der Waals surface area contributed by atoms with Gasteiger partial charge in [-0.3, -0.25) is 14.9 Å². The molecule has 0 radical (unpaired) electrons. The van der Waals surface area contributed by atoms with Gasteiger partial charge in [0.15, 0.2) is 0 Å². The maximum Gasteiger partial charge on any atom is 0.273 e. The number of aliphatic hydroxyl groups excluding tert-OH is 1. The van der Waals surface area contributed by atoms with Gasteiger partial charge in [-0.05, 0) is 30.3 Å². The van der Waals surface area contributed by atoms with Crippen molar-refractivity contribution in [3.63, 3.8) is 0 Å². The van der Waals surface area contributed by atoms with E-state index in [1.807, 2.05) is 0 Å². The minimum absolute atomic E-state index is 0.00358. The van der Waals surface area contributed by atoms with Crippen LogP contribution in [-0.2, 0) is 0 Å². The Hall–Kier alpha value is -3.17. The molecule has 9 nitrogen and oxygen atoms in total. The van der Waals surface area contributed by atoms with Gasteiger partial charge in [0.25, 0.3) is 5.69 Å². The van der Waals surface area contributed by atoms with E-state index >= 15 is 0 Å². The highest BCUT2D eigenvalue weighted by molar-refractivity contribution is 5.92. The van der Waals surface area contributed by atoms with Gasteiger partial charge in [-0.1, -0.05) is 6.07 Å². The van der Waals surface area contributed by atoms with Crippen molar-refractivity contribution in [2.45, 2.75) is 6.10 Å². The zero-order chi connectivity index (χ0) is 19.6. The van der Waals surface area contributed by atoms with Gasteiger partial charge in [-0.15, -0.1) is 0 Å². The van der Waals surface area contributed by atoms with Crippen molar-refractivity contribution >= 4 is 11.6 Å². The zero-order valence-corrected chi connectivity index (χ0v) is 14.5. The molecule has 9 heteroatoms. The summed E-state index contributed by atoms with van der Waals surface area (Å²) in [4.78, 5) is 21.2. The molecular formula is C18H21N3O6. The summed E-state index contributed by atoms with van der Waals surface area (Å²) >= 11 is 0. The fourth-order valence-corrected chi connectivity index (χ4v) is 2.16. The first-order valence-electron chi connectivity index (χ1n) is 8.24. The Bertz CT molecular complexity index is 766. The largest absolute Gasteiger partial charge is 0.492 e. The summed E-state index contributed by atoms with van der Waals surface area (Å²) < 4.78 is 10.8. The first-order chi connectivity index (χ1) is 13.0. The fraction of sp³-hybridized carbons (Fsp3) is 0.278. The topological polar surface area (TPSA) is 137 Å². The minimum atomic E-state index is -0.779. The third-order valence-corrected chi connectivity index (χ3v) is 3.54. The van der Waals surface area contributed by atoms with Crippen molar-refractivity contribution in [3.8, 4) is 11.5 Å². The molecule has 4 N–H and O–H groups in total. The van der Waals surface area contributed by atoms with Crippen molar-refractivity contribution in [2.75, 3.05) is 26.3 Å². The number of hydrogen-bond acceptors (Lipinski definition) is 7. The summed E-state index contributed by atoms with van der Waals surface area (Å²) in [6.45, 7) is 1.14. The Kier molecular flexibility index (Phi) is 7.53. The second-order valence-corrected chi connectivity index (χ2v) is 5.66. The number of carbonyl (C=O) groups is 1. The summed E-state index contributed by atoms with van der Waals surface area (Å²) in [6, 6.07) is 12.3. The Morgan fingerprint density at radius 3 is 2.59 bits per heavy atom. The van der Waals surface area contributed by atoms with Crippen LogP contribution >= 0.6 is 0 Å². The molecule has 0 bridgehead atoms. The molecule has 0 heterocycles. The van der Waals surface area contributed by atoms with Crippen LogP contribution in [0.4, 0.5) is 5.69 Å². The molecule has 2 aromatic rings. The molecular weight excluding hydrogens is 354 g/mol. The molecule has 0 aliphatic heterocycles. The first kappa shape index (κ1) is 20.1. The second kappa shape index (κ2) is 10.1. The molecule has 1 unspecified atom stereocenters. The number of carbonyl (C=O) groups excluding carboxylic acids is 1. The number of benzene rings is 2. The number of amides is 1. The van der Waals surface area contributed by atoms with Crippen LogP contribution in [0.3, 0.4) is 0 Å². The van der Waals surface area contributed by atoms with Gasteiger partial charge >= 0.3 is 0 Å². The predicted molar refractivity (Wildman–Crippen MR) is 97.9 cm³/mol. The van der Waals surface area contributed by atoms with Crippen molar-refractivity contribution in [1.29, 1.82) is 0 Å². The van der Waals surface area contributed by atoms with E-state index in [1.54, 1.807) is 30.3 Å². The summed E-state index contributed by atoms with van der Waals surface area (Å²) in [5.41, 5.74) is 5.50. The Balaban J connectivity index is 1.62. The normalized spacial score (nSPS) is 11.6. The molecule has 0 aliphatic carbocycles. The summed E-state index contributed by atoms with van der Waals surface area (Å²) in [5, 5.41) is 23.6. The highest BCUT2D eigenvalue weighted by Crippen LogP contribution is 2.19. The molecule has 0 fully saturated rings. The number of primary amides is 1. The van der Waals surface area contributed by atoms with Crippen LogP contribution in [0.2, 0.25) is 0 Å². The van der Waals surface area contributed by atoms with Gasteiger partial charge in [-0.25, -0.2) is 0 Å². The van der Waals surface area contributed by atoms with Crippen LogP contribution in [0.1, 0.15) is 10.4 Å². The number of nitrogens with zero attached hydrogens (tertiary/aromatic N) is 1. The van der Waals surface area contributed by atoms with E-state index in [4.69, 9.17) is 15.2 Å². The Labute approximate surface area is 155 Å². The number of rotatable bonds is 11. The number of non-ortho nitro benzene ring substituents is 1. The lowest BCUT2D eigenvalue weighted by Gasteiger charge is -2.13. The van der Waals surface area contributed by atoms with Gasteiger partial charge in [0.2, 0.25) is 5.91 Å². The highest BCUT2D eigenvalue weighted by Gasteiger charge is 2.09. The van der Waals surface area contributed by atoms with Crippen molar-refractivity contribution in [1.82, 2.24) is 5.32 Å². The van der Waals surface area contributed by atoms with Crippen LogP contribution in [0.15, 0.2) is 48.5 Å². The second-order valence-electron chi connectivity index (χ2n) is 5.66. The lowest BCUT2D eigenvalue weighted by Crippen LogP contribution is -2.33.